The van der Waals surface area contributed by atoms with Crippen molar-refractivity contribution >= 4 is 33.9 Å². The number of carbonyl (C=O) groups excluding carboxylic acids is 3. The lowest BCUT2D eigenvalue weighted by atomic mass is 9.81. The Balaban J connectivity index is 2.13. The molecule has 6 heteroatoms. The summed E-state index contributed by atoms with van der Waals surface area (Å²) in [6.45, 7) is 1.30. The number of hydrogen-bond acceptors (Lipinski definition) is 5. The number of aromatic hydroxyl groups is 2. The van der Waals surface area contributed by atoms with Crippen molar-refractivity contribution in [1.29, 1.82) is 0 Å². The zero-order valence-corrected chi connectivity index (χ0v) is 13.7. The van der Waals surface area contributed by atoms with Crippen molar-refractivity contribution in [2.24, 2.45) is 0 Å². The van der Waals surface area contributed by atoms with Crippen molar-refractivity contribution in [2.45, 2.75) is 6.92 Å². The molecule has 0 saturated heterocycles. The lowest BCUT2D eigenvalue weighted by Gasteiger charge is -2.22. The summed E-state index contributed by atoms with van der Waals surface area (Å²) in [4.78, 5) is 37.2. The van der Waals surface area contributed by atoms with Gasteiger partial charge < -0.3 is 15.5 Å². The topological polar surface area (TPSA) is 104 Å². The van der Waals surface area contributed by atoms with Crippen molar-refractivity contribution in [1.82, 2.24) is 0 Å². The number of ketones is 2. The number of anilines is 1. The van der Waals surface area contributed by atoms with E-state index >= 15 is 0 Å². The van der Waals surface area contributed by atoms with Crippen LogP contribution in [-0.4, -0.2) is 27.7 Å². The third kappa shape index (κ3) is 2.02. The largest absolute Gasteiger partial charge is 0.506 e. The lowest BCUT2D eigenvalue weighted by molar-refractivity contribution is -0.114. The molecule has 128 valence electrons. The fourth-order valence-corrected chi connectivity index (χ4v) is 3.39. The zero-order chi connectivity index (χ0) is 18.6. The average Bonchev–Trinajstić information content (AvgIpc) is 2.62. The van der Waals surface area contributed by atoms with Gasteiger partial charge in [0.25, 0.3) is 0 Å². The Labute approximate surface area is 147 Å². The molecule has 0 fully saturated rings. The Bertz CT molecular complexity index is 1150. The Morgan fingerprint density at radius 3 is 2.00 bits per heavy atom. The summed E-state index contributed by atoms with van der Waals surface area (Å²) in [7, 11) is 0. The van der Waals surface area contributed by atoms with Crippen LogP contribution < -0.4 is 5.32 Å². The van der Waals surface area contributed by atoms with Crippen molar-refractivity contribution in [3.05, 3.63) is 64.7 Å². The van der Waals surface area contributed by atoms with Gasteiger partial charge in [-0.2, -0.15) is 0 Å². The van der Waals surface area contributed by atoms with Crippen LogP contribution in [0.3, 0.4) is 0 Å². The maximum absolute atomic E-state index is 12.9. The standard InChI is InChI=1S/C20H13NO5/c1-9(22)21-13-8-4-7-12-14(13)20(26)16-15(19(12)25)17(23)10-5-2-3-6-11(10)18(16)24/h2-8,25-26H,1H3,(H,21,22). The molecule has 0 aromatic heterocycles. The molecular formula is C20H13NO5. The Morgan fingerprint density at radius 1 is 0.846 bits per heavy atom. The van der Waals surface area contributed by atoms with E-state index in [0.717, 1.165) is 0 Å². The van der Waals surface area contributed by atoms with Gasteiger partial charge in [-0.3, -0.25) is 14.4 Å². The SMILES string of the molecule is CC(=O)Nc1cccc2c(O)c3c(c(O)c12)C(=O)c1ccccc1C3=O. The number of carbonyl (C=O) groups is 3. The molecule has 6 nitrogen and oxygen atoms in total. The van der Waals surface area contributed by atoms with E-state index in [1.165, 1.54) is 25.1 Å². The van der Waals surface area contributed by atoms with Crippen molar-refractivity contribution in [2.75, 3.05) is 5.32 Å². The minimum Gasteiger partial charge on any atom is -0.506 e. The molecule has 1 aliphatic rings. The fraction of sp³-hybridized carbons (Fsp3) is 0.0500. The normalized spacial score (nSPS) is 12.7. The third-order valence-corrected chi connectivity index (χ3v) is 4.46. The highest BCUT2D eigenvalue weighted by molar-refractivity contribution is 6.33. The van der Waals surface area contributed by atoms with Crippen LogP contribution in [0.2, 0.25) is 0 Å². The summed E-state index contributed by atoms with van der Waals surface area (Å²) in [6.07, 6.45) is 0. The van der Waals surface area contributed by atoms with Crippen LogP contribution in [0.4, 0.5) is 5.69 Å². The second kappa shape index (κ2) is 5.42. The number of fused-ring (bicyclic) bond motifs is 3. The number of rotatable bonds is 1. The van der Waals surface area contributed by atoms with Crippen LogP contribution in [-0.2, 0) is 4.79 Å². The zero-order valence-electron chi connectivity index (χ0n) is 13.7. The molecule has 0 radical (unpaired) electrons. The molecule has 0 aliphatic heterocycles. The number of nitrogens with one attached hydrogen (secondary N) is 1. The van der Waals surface area contributed by atoms with E-state index in [-0.39, 0.29) is 44.6 Å². The van der Waals surface area contributed by atoms with Gasteiger partial charge in [-0.1, -0.05) is 36.4 Å². The van der Waals surface area contributed by atoms with Gasteiger partial charge in [0.05, 0.1) is 22.2 Å². The van der Waals surface area contributed by atoms with Crippen LogP contribution in [0.15, 0.2) is 42.5 Å². The predicted octanol–water partition coefficient (Wildman–Crippen LogP) is 2.98. The van der Waals surface area contributed by atoms with E-state index < -0.39 is 23.1 Å². The summed E-state index contributed by atoms with van der Waals surface area (Å²) in [5, 5.41) is 24.3. The number of hydrogen-bond donors (Lipinski definition) is 3. The molecule has 4 rings (SSSR count). The molecule has 0 heterocycles. The van der Waals surface area contributed by atoms with Crippen molar-refractivity contribution in [3.8, 4) is 11.5 Å². The first-order chi connectivity index (χ1) is 12.4. The molecule has 1 aliphatic carbocycles. The predicted molar refractivity (Wildman–Crippen MR) is 94.9 cm³/mol. The first kappa shape index (κ1) is 15.8. The first-order valence-electron chi connectivity index (χ1n) is 7.88. The van der Waals surface area contributed by atoms with Gasteiger partial charge in [-0.15, -0.1) is 0 Å². The van der Waals surface area contributed by atoms with E-state index in [1.54, 1.807) is 24.3 Å². The second-order valence-electron chi connectivity index (χ2n) is 6.06. The number of phenolic OH excluding ortho intramolecular Hbond substituents is 2. The van der Waals surface area contributed by atoms with Gasteiger partial charge in [0, 0.05) is 23.4 Å². The molecule has 0 saturated carbocycles. The van der Waals surface area contributed by atoms with Crippen molar-refractivity contribution < 1.29 is 24.6 Å². The molecule has 3 N–H and O–H groups in total. The number of amides is 1. The fourth-order valence-electron chi connectivity index (χ4n) is 3.39. The van der Waals surface area contributed by atoms with Gasteiger partial charge in [0.1, 0.15) is 11.5 Å². The van der Waals surface area contributed by atoms with Gasteiger partial charge in [-0.25, -0.2) is 0 Å². The van der Waals surface area contributed by atoms with E-state index in [4.69, 9.17) is 0 Å². The van der Waals surface area contributed by atoms with E-state index in [0.29, 0.717) is 0 Å². The smallest absolute Gasteiger partial charge is 0.221 e. The maximum atomic E-state index is 12.9. The van der Waals surface area contributed by atoms with E-state index in [1.807, 2.05) is 0 Å². The van der Waals surface area contributed by atoms with Gasteiger partial charge in [0.15, 0.2) is 11.6 Å². The van der Waals surface area contributed by atoms with Gasteiger partial charge in [-0.05, 0) is 6.07 Å². The summed E-state index contributed by atoms with van der Waals surface area (Å²) in [6, 6.07) is 10.9. The molecule has 0 bridgehead atoms. The molecule has 0 unspecified atom stereocenters. The first-order valence-corrected chi connectivity index (χ1v) is 7.88. The van der Waals surface area contributed by atoms with Crippen LogP contribution in [0.25, 0.3) is 10.8 Å². The minimum atomic E-state index is -0.553. The van der Waals surface area contributed by atoms with E-state index in [2.05, 4.69) is 5.32 Å². The maximum Gasteiger partial charge on any atom is 0.221 e. The summed E-state index contributed by atoms with van der Waals surface area (Å²) < 4.78 is 0. The van der Waals surface area contributed by atoms with Crippen LogP contribution in [0.1, 0.15) is 38.8 Å². The highest BCUT2D eigenvalue weighted by Crippen LogP contribution is 2.46. The Hall–Kier alpha value is -3.67. The lowest BCUT2D eigenvalue weighted by Crippen LogP contribution is -2.21. The average molecular weight is 347 g/mol. The third-order valence-electron chi connectivity index (χ3n) is 4.46. The summed E-state index contributed by atoms with van der Waals surface area (Å²) >= 11 is 0. The molecule has 0 spiro atoms. The van der Waals surface area contributed by atoms with Gasteiger partial charge >= 0.3 is 0 Å². The number of benzene rings is 3. The quantitative estimate of drug-likeness (QED) is 0.459. The van der Waals surface area contributed by atoms with Gasteiger partial charge in [0.2, 0.25) is 5.91 Å². The summed E-state index contributed by atoms with van der Waals surface area (Å²) in [5.74, 6) is -2.29. The van der Waals surface area contributed by atoms with Crippen molar-refractivity contribution in [3.63, 3.8) is 0 Å². The molecule has 0 atom stereocenters. The van der Waals surface area contributed by atoms with Crippen LogP contribution in [0, 0.1) is 0 Å². The van der Waals surface area contributed by atoms with E-state index in [9.17, 15) is 24.6 Å². The Kier molecular flexibility index (Phi) is 3.30. The second-order valence-corrected chi connectivity index (χ2v) is 6.06. The van der Waals surface area contributed by atoms with Crippen LogP contribution >= 0.6 is 0 Å². The molecular weight excluding hydrogens is 334 g/mol. The minimum absolute atomic E-state index is 0.111. The monoisotopic (exact) mass is 347 g/mol. The highest BCUT2D eigenvalue weighted by Gasteiger charge is 2.36. The van der Waals surface area contributed by atoms with Crippen LogP contribution in [0.5, 0.6) is 11.5 Å². The molecule has 3 aromatic rings. The molecule has 3 aromatic carbocycles. The molecule has 26 heavy (non-hydrogen) atoms. The molecule has 1 amide bonds. The highest BCUT2D eigenvalue weighted by atomic mass is 16.3. The number of phenols is 2. The summed E-state index contributed by atoms with van der Waals surface area (Å²) in [5.41, 5.74) is 0.105. The Morgan fingerprint density at radius 2 is 1.42 bits per heavy atom.